The van der Waals surface area contributed by atoms with E-state index in [2.05, 4.69) is 28.5 Å². The summed E-state index contributed by atoms with van der Waals surface area (Å²) in [5.74, 6) is 0.435. The molecule has 2 aliphatic rings. The Morgan fingerprint density at radius 2 is 1.93 bits per heavy atom. The number of hydrogen-bond acceptors (Lipinski definition) is 5. The predicted octanol–water partition coefficient (Wildman–Crippen LogP) is 4.06. The minimum Gasteiger partial charge on any atom is -0.338 e. The molecule has 4 N–H and O–H groups in total. The van der Waals surface area contributed by atoms with Crippen LogP contribution in [0.2, 0.25) is 0 Å². The van der Waals surface area contributed by atoms with Crippen molar-refractivity contribution in [2.45, 2.75) is 56.5 Å². The maximum Gasteiger partial charge on any atom is 0.261 e. The van der Waals surface area contributed by atoms with Gasteiger partial charge in [0.2, 0.25) is 0 Å². The molecule has 0 amide bonds. The molecule has 2 heterocycles. The molecule has 2 saturated carbocycles. The van der Waals surface area contributed by atoms with Crippen LogP contribution in [-0.2, 0) is 5.54 Å². The summed E-state index contributed by atoms with van der Waals surface area (Å²) in [5.41, 5.74) is 8.81. The zero-order valence-electron chi connectivity index (χ0n) is 16.9. The predicted molar refractivity (Wildman–Crippen MR) is 116 cm³/mol. The molecule has 0 spiro atoms. The van der Waals surface area contributed by atoms with Gasteiger partial charge in [0.25, 0.3) is 5.56 Å². The van der Waals surface area contributed by atoms with Gasteiger partial charge in [0.15, 0.2) is 5.82 Å². The molecule has 0 saturated heterocycles. The number of nitriles is 1. The average molecular weight is 403 g/mol. The zero-order chi connectivity index (χ0) is 20.7. The van der Waals surface area contributed by atoms with Crippen molar-refractivity contribution >= 4 is 22.4 Å². The molecule has 0 aliphatic heterocycles. The average Bonchev–Trinajstić information content (AvgIpc) is 3.12. The summed E-state index contributed by atoms with van der Waals surface area (Å²) in [5, 5.41) is 18.2. The maximum absolute atomic E-state index is 12.6. The Labute approximate surface area is 174 Å². The molecular weight excluding hydrogens is 376 g/mol. The molecule has 7 heteroatoms. The first-order valence-electron chi connectivity index (χ1n) is 10.7. The van der Waals surface area contributed by atoms with Gasteiger partial charge in [-0.15, -0.1) is 0 Å². The lowest BCUT2D eigenvalue weighted by atomic mass is 9.73. The second kappa shape index (κ2) is 7.29. The van der Waals surface area contributed by atoms with E-state index in [1.807, 2.05) is 22.9 Å². The highest BCUT2D eigenvalue weighted by Crippen LogP contribution is 2.39. The molecule has 2 unspecified atom stereocenters. The monoisotopic (exact) mass is 402 g/mol. The largest absolute Gasteiger partial charge is 0.338 e. The number of fused-ring (bicyclic) bond motifs is 1. The molecule has 2 aromatic heterocycles. The van der Waals surface area contributed by atoms with E-state index in [4.69, 9.17) is 10.8 Å². The highest BCUT2D eigenvalue weighted by Gasteiger charge is 2.34. The van der Waals surface area contributed by atoms with E-state index in [1.54, 1.807) is 6.20 Å². The molecule has 5 rings (SSSR count). The normalized spacial score (nSPS) is 22.9. The van der Waals surface area contributed by atoms with Crippen LogP contribution in [0.25, 0.3) is 10.9 Å². The van der Waals surface area contributed by atoms with E-state index in [1.165, 1.54) is 6.42 Å². The summed E-state index contributed by atoms with van der Waals surface area (Å²) in [4.78, 5) is 15.4. The van der Waals surface area contributed by atoms with Crippen LogP contribution >= 0.6 is 0 Å². The number of nitrogens with one attached hydrogen (secondary N) is 2. The summed E-state index contributed by atoms with van der Waals surface area (Å²) in [6.45, 7) is 0. The Kier molecular flexibility index (Phi) is 4.59. The van der Waals surface area contributed by atoms with Gasteiger partial charge in [-0.2, -0.15) is 10.4 Å². The summed E-state index contributed by atoms with van der Waals surface area (Å²) in [6, 6.07) is 12.4. The number of aromatic amines is 1. The molecular formula is C23H26N6O. The number of rotatable bonds is 4. The third-order valence-corrected chi connectivity index (χ3v) is 6.81. The number of anilines is 2. The smallest absolute Gasteiger partial charge is 0.261 e. The third kappa shape index (κ3) is 3.08. The first kappa shape index (κ1) is 18.9. The van der Waals surface area contributed by atoms with Crippen molar-refractivity contribution in [3.63, 3.8) is 0 Å². The number of nitrogens with zero attached hydrogens (tertiary/aromatic N) is 3. The van der Waals surface area contributed by atoms with Crippen LogP contribution in [0.3, 0.4) is 0 Å². The molecule has 0 radical (unpaired) electrons. The Bertz CT molecular complexity index is 1170. The number of pyridine rings is 1. The molecule has 1 aromatic carbocycles. The Morgan fingerprint density at radius 1 is 1.17 bits per heavy atom. The van der Waals surface area contributed by atoms with Crippen molar-refractivity contribution in [1.29, 1.82) is 5.26 Å². The highest BCUT2D eigenvalue weighted by atomic mass is 16.1. The van der Waals surface area contributed by atoms with Gasteiger partial charge in [0, 0.05) is 17.4 Å². The maximum atomic E-state index is 12.6. The first-order chi connectivity index (χ1) is 14.6. The summed E-state index contributed by atoms with van der Waals surface area (Å²) < 4.78 is 1.89. The number of aromatic nitrogens is 3. The SMILES string of the molecule is N#CC1CCCCC1n1nc(Nc2ccc(C3(N)CCC3)cc2)c2c(=O)[nH]ccc21. The van der Waals surface area contributed by atoms with Crippen LogP contribution in [0, 0.1) is 17.2 Å². The summed E-state index contributed by atoms with van der Waals surface area (Å²) in [6.07, 6.45) is 8.76. The van der Waals surface area contributed by atoms with E-state index >= 15 is 0 Å². The number of hydrogen-bond donors (Lipinski definition) is 3. The van der Waals surface area contributed by atoms with Gasteiger partial charge in [0.1, 0.15) is 5.39 Å². The summed E-state index contributed by atoms with van der Waals surface area (Å²) >= 11 is 0. The van der Waals surface area contributed by atoms with Crippen molar-refractivity contribution in [3.05, 3.63) is 52.4 Å². The molecule has 30 heavy (non-hydrogen) atoms. The van der Waals surface area contributed by atoms with Gasteiger partial charge in [-0.25, -0.2) is 0 Å². The van der Waals surface area contributed by atoms with Crippen molar-refractivity contribution in [2.75, 3.05) is 5.32 Å². The van der Waals surface area contributed by atoms with Crippen molar-refractivity contribution < 1.29 is 0 Å². The minimum atomic E-state index is -0.197. The minimum absolute atomic E-state index is 0.0123. The van der Waals surface area contributed by atoms with Crippen LogP contribution in [0.5, 0.6) is 0 Å². The van der Waals surface area contributed by atoms with Gasteiger partial charge in [-0.3, -0.25) is 9.48 Å². The van der Waals surface area contributed by atoms with E-state index in [9.17, 15) is 10.1 Å². The topological polar surface area (TPSA) is 113 Å². The fourth-order valence-corrected chi connectivity index (χ4v) is 4.86. The molecule has 154 valence electrons. The number of nitrogens with two attached hydrogens (primary N) is 1. The number of benzene rings is 1. The fraction of sp³-hybridized carbons (Fsp3) is 0.435. The molecule has 3 aromatic rings. The van der Waals surface area contributed by atoms with Crippen LogP contribution in [0.15, 0.2) is 41.3 Å². The lowest BCUT2D eigenvalue weighted by Gasteiger charge is -2.38. The van der Waals surface area contributed by atoms with Crippen molar-refractivity contribution in [1.82, 2.24) is 14.8 Å². The Balaban J connectivity index is 1.52. The lowest BCUT2D eigenvalue weighted by Crippen LogP contribution is -2.43. The highest BCUT2D eigenvalue weighted by molar-refractivity contribution is 5.91. The third-order valence-electron chi connectivity index (χ3n) is 6.81. The summed E-state index contributed by atoms with van der Waals surface area (Å²) in [7, 11) is 0. The van der Waals surface area contributed by atoms with Crippen molar-refractivity contribution in [3.8, 4) is 6.07 Å². The zero-order valence-corrected chi connectivity index (χ0v) is 16.9. The second-order valence-electron chi connectivity index (χ2n) is 8.66. The van der Waals surface area contributed by atoms with Gasteiger partial charge in [0.05, 0.1) is 23.5 Å². The molecule has 0 bridgehead atoms. The van der Waals surface area contributed by atoms with Crippen LogP contribution < -0.4 is 16.6 Å². The Hall–Kier alpha value is -3.11. The molecule has 2 aliphatic carbocycles. The van der Waals surface area contributed by atoms with E-state index in [0.717, 1.165) is 55.3 Å². The second-order valence-corrected chi connectivity index (χ2v) is 8.66. The molecule has 2 atom stereocenters. The quantitative estimate of drug-likeness (QED) is 0.609. The lowest BCUT2D eigenvalue weighted by molar-refractivity contribution is 0.253. The van der Waals surface area contributed by atoms with E-state index < -0.39 is 0 Å². The van der Waals surface area contributed by atoms with Gasteiger partial charge in [-0.1, -0.05) is 25.0 Å². The Morgan fingerprint density at radius 3 is 2.63 bits per heavy atom. The molecule has 2 fully saturated rings. The van der Waals surface area contributed by atoms with Crippen molar-refractivity contribution in [2.24, 2.45) is 11.7 Å². The molecule has 7 nitrogen and oxygen atoms in total. The number of H-pyrrole nitrogens is 1. The van der Waals surface area contributed by atoms with Gasteiger partial charge >= 0.3 is 0 Å². The standard InChI is InChI=1S/C23H26N6O/c24-14-15-4-1-2-5-18(15)29-19-10-13-26-22(30)20(19)21(28-29)27-17-8-6-16(7-9-17)23(25)11-3-12-23/h6-10,13,15,18H,1-5,11-12,25H2,(H,26,30)(H,27,28). The van der Waals surface area contributed by atoms with Crippen LogP contribution in [-0.4, -0.2) is 14.8 Å². The van der Waals surface area contributed by atoms with Gasteiger partial charge < -0.3 is 16.0 Å². The van der Waals surface area contributed by atoms with E-state index in [-0.39, 0.29) is 23.1 Å². The van der Waals surface area contributed by atoms with Crippen LogP contribution in [0.4, 0.5) is 11.5 Å². The van der Waals surface area contributed by atoms with Gasteiger partial charge in [-0.05, 0) is 55.9 Å². The first-order valence-corrected chi connectivity index (χ1v) is 10.7. The van der Waals surface area contributed by atoms with Crippen LogP contribution in [0.1, 0.15) is 56.6 Å². The van der Waals surface area contributed by atoms with E-state index in [0.29, 0.717) is 11.2 Å². The fourth-order valence-electron chi connectivity index (χ4n) is 4.86.